The smallest absolute Gasteiger partial charge is 0.162 e. The van der Waals surface area contributed by atoms with Crippen molar-refractivity contribution in [1.29, 1.82) is 0 Å². The number of rotatable bonds is 10. The number of hydrogen-bond donors (Lipinski definition) is 1. The van der Waals surface area contributed by atoms with Gasteiger partial charge in [-0.1, -0.05) is 64.0 Å². The standard InChI is InChI=1S/C17H26F2O/c1-2-3-4-5-6-7-8-11-15(20)13-14-10-9-12-16(18)17(14)19/h9-10,12,15,20H,2-8,11,13H2,1H3. The van der Waals surface area contributed by atoms with Crippen LogP contribution in [0.25, 0.3) is 0 Å². The topological polar surface area (TPSA) is 20.2 Å². The van der Waals surface area contributed by atoms with Gasteiger partial charge in [0.2, 0.25) is 0 Å². The number of aliphatic hydroxyl groups is 1. The van der Waals surface area contributed by atoms with Crippen LogP contribution in [0.1, 0.15) is 63.9 Å². The van der Waals surface area contributed by atoms with Crippen LogP contribution in [0.5, 0.6) is 0 Å². The van der Waals surface area contributed by atoms with E-state index in [9.17, 15) is 13.9 Å². The van der Waals surface area contributed by atoms with E-state index < -0.39 is 17.7 Å². The van der Waals surface area contributed by atoms with E-state index in [4.69, 9.17) is 0 Å². The number of hydrogen-bond acceptors (Lipinski definition) is 1. The average molecular weight is 284 g/mol. The van der Waals surface area contributed by atoms with Crippen LogP contribution in [0.4, 0.5) is 8.78 Å². The van der Waals surface area contributed by atoms with Crippen molar-refractivity contribution < 1.29 is 13.9 Å². The van der Waals surface area contributed by atoms with Gasteiger partial charge in [0.1, 0.15) is 0 Å². The lowest BCUT2D eigenvalue weighted by Gasteiger charge is -2.11. The van der Waals surface area contributed by atoms with Crippen molar-refractivity contribution in [2.45, 2.75) is 70.8 Å². The molecule has 0 aliphatic carbocycles. The molecular formula is C17H26F2O. The van der Waals surface area contributed by atoms with Gasteiger partial charge in [0.05, 0.1) is 6.10 Å². The summed E-state index contributed by atoms with van der Waals surface area (Å²) in [7, 11) is 0. The van der Waals surface area contributed by atoms with E-state index in [1.54, 1.807) is 0 Å². The summed E-state index contributed by atoms with van der Waals surface area (Å²) in [6, 6.07) is 4.11. The maximum absolute atomic E-state index is 13.4. The molecule has 1 unspecified atom stereocenters. The molecule has 1 rings (SSSR count). The minimum atomic E-state index is -0.842. The Morgan fingerprint density at radius 2 is 1.65 bits per heavy atom. The van der Waals surface area contributed by atoms with E-state index in [-0.39, 0.29) is 12.0 Å². The summed E-state index contributed by atoms with van der Waals surface area (Å²) in [5.74, 6) is -1.67. The van der Waals surface area contributed by atoms with E-state index in [0.29, 0.717) is 6.42 Å². The van der Waals surface area contributed by atoms with Crippen molar-refractivity contribution in [1.82, 2.24) is 0 Å². The largest absolute Gasteiger partial charge is 0.393 e. The number of halogens is 2. The second-order valence-corrected chi connectivity index (χ2v) is 5.48. The summed E-state index contributed by atoms with van der Waals surface area (Å²) in [6.45, 7) is 2.20. The Hall–Kier alpha value is -0.960. The molecule has 0 fully saturated rings. The highest BCUT2D eigenvalue weighted by molar-refractivity contribution is 5.19. The summed E-state index contributed by atoms with van der Waals surface area (Å²) in [5.41, 5.74) is 0.264. The van der Waals surface area contributed by atoms with Crippen LogP contribution in [-0.4, -0.2) is 11.2 Å². The Balaban J connectivity index is 2.17. The molecule has 0 aromatic heterocycles. The predicted molar refractivity (Wildman–Crippen MR) is 78.7 cm³/mol. The molecule has 1 aromatic carbocycles. The lowest BCUT2D eigenvalue weighted by molar-refractivity contribution is 0.159. The van der Waals surface area contributed by atoms with Crippen LogP contribution in [0.2, 0.25) is 0 Å². The lowest BCUT2D eigenvalue weighted by atomic mass is 10.0. The van der Waals surface area contributed by atoms with Gasteiger partial charge in [-0.2, -0.15) is 0 Å². The zero-order valence-corrected chi connectivity index (χ0v) is 12.4. The van der Waals surface area contributed by atoms with Gasteiger partial charge in [-0.3, -0.25) is 0 Å². The zero-order valence-electron chi connectivity index (χ0n) is 12.4. The molecule has 0 saturated heterocycles. The molecule has 3 heteroatoms. The van der Waals surface area contributed by atoms with Crippen LogP contribution in [0, 0.1) is 11.6 Å². The average Bonchev–Trinajstić information content (AvgIpc) is 2.43. The maximum Gasteiger partial charge on any atom is 0.162 e. The molecule has 1 atom stereocenters. The summed E-state index contributed by atoms with van der Waals surface area (Å²) >= 11 is 0. The van der Waals surface area contributed by atoms with Crippen LogP contribution < -0.4 is 0 Å². The SMILES string of the molecule is CCCCCCCCCC(O)Cc1cccc(F)c1F. The summed E-state index contributed by atoms with van der Waals surface area (Å²) in [4.78, 5) is 0. The lowest BCUT2D eigenvalue weighted by Crippen LogP contribution is -2.12. The fourth-order valence-electron chi connectivity index (χ4n) is 2.40. The molecule has 1 aromatic rings. The third-order valence-corrected chi connectivity index (χ3v) is 3.63. The Bertz CT molecular complexity index is 379. The first-order valence-corrected chi connectivity index (χ1v) is 7.76. The van der Waals surface area contributed by atoms with Crippen LogP contribution in [0.15, 0.2) is 18.2 Å². The Morgan fingerprint density at radius 1 is 1.00 bits per heavy atom. The number of benzene rings is 1. The Labute approximate surface area is 121 Å². The quantitative estimate of drug-likeness (QED) is 0.599. The molecular weight excluding hydrogens is 258 g/mol. The van der Waals surface area contributed by atoms with Crippen molar-refractivity contribution in [3.05, 3.63) is 35.4 Å². The molecule has 1 nitrogen and oxygen atoms in total. The van der Waals surface area contributed by atoms with Gasteiger partial charge in [-0.15, -0.1) is 0 Å². The molecule has 0 aliphatic heterocycles. The second kappa shape index (κ2) is 9.87. The third kappa shape index (κ3) is 6.47. The molecule has 0 amide bonds. The first kappa shape index (κ1) is 17.1. The second-order valence-electron chi connectivity index (χ2n) is 5.48. The van der Waals surface area contributed by atoms with Gasteiger partial charge < -0.3 is 5.11 Å². The van der Waals surface area contributed by atoms with E-state index >= 15 is 0 Å². The molecule has 114 valence electrons. The molecule has 0 aliphatic rings. The molecule has 0 bridgehead atoms. The molecule has 1 N–H and O–H groups in total. The summed E-state index contributed by atoms with van der Waals surface area (Å²) in [6.07, 6.45) is 8.60. The Morgan fingerprint density at radius 3 is 2.35 bits per heavy atom. The maximum atomic E-state index is 13.4. The van der Waals surface area contributed by atoms with Crippen molar-refractivity contribution >= 4 is 0 Å². The molecule has 0 spiro atoms. The normalized spacial score (nSPS) is 12.6. The van der Waals surface area contributed by atoms with Gasteiger partial charge in [-0.05, 0) is 18.1 Å². The molecule has 0 radical (unpaired) electrons. The third-order valence-electron chi connectivity index (χ3n) is 3.63. The number of aliphatic hydroxyl groups excluding tert-OH is 1. The highest BCUT2D eigenvalue weighted by Gasteiger charge is 2.12. The zero-order chi connectivity index (χ0) is 14.8. The fourth-order valence-corrected chi connectivity index (χ4v) is 2.40. The van der Waals surface area contributed by atoms with E-state index in [0.717, 1.165) is 18.9 Å². The highest BCUT2D eigenvalue weighted by atomic mass is 19.2. The monoisotopic (exact) mass is 284 g/mol. The first-order chi connectivity index (χ1) is 9.65. The van der Waals surface area contributed by atoms with E-state index in [1.807, 2.05) is 0 Å². The van der Waals surface area contributed by atoms with Crippen LogP contribution in [-0.2, 0) is 6.42 Å². The number of unbranched alkanes of at least 4 members (excludes halogenated alkanes) is 6. The van der Waals surface area contributed by atoms with Crippen molar-refractivity contribution in [2.24, 2.45) is 0 Å². The van der Waals surface area contributed by atoms with Gasteiger partial charge in [0, 0.05) is 6.42 Å². The van der Waals surface area contributed by atoms with Gasteiger partial charge in [-0.25, -0.2) is 8.78 Å². The summed E-state index contributed by atoms with van der Waals surface area (Å²) < 4.78 is 26.5. The van der Waals surface area contributed by atoms with Gasteiger partial charge >= 0.3 is 0 Å². The minimum Gasteiger partial charge on any atom is -0.393 e. The minimum absolute atomic E-state index is 0.194. The van der Waals surface area contributed by atoms with Crippen molar-refractivity contribution in [3.8, 4) is 0 Å². The molecule has 20 heavy (non-hydrogen) atoms. The van der Waals surface area contributed by atoms with Gasteiger partial charge in [0.15, 0.2) is 11.6 Å². The Kier molecular flexibility index (Phi) is 8.43. The van der Waals surface area contributed by atoms with Crippen molar-refractivity contribution in [3.63, 3.8) is 0 Å². The highest BCUT2D eigenvalue weighted by Crippen LogP contribution is 2.16. The molecule has 0 saturated carbocycles. The first-order valence-electron chi connectivity index (χ1n) is 7.76. The van der Waals surface area contributed by atoms with Crippen LogP contribution in [0.3, 0.4) is 0 Å². The van der Waals surface area contributed by atoms with Gasteiger partial charge in [0.25, 0.3) is 0 Å². The van der Waals surface area contributed by atoms with Crippen molar-refractivity contribution in [2.75, 3.05) is 0 Å². The van der Waals surface area contributed by atoms with E-state index in [1.165, 1.54) is 44.2 Å². The van der Waals surface area contributed by atoms with Crippen LogP contribution >= 0.6 is 0 Å². The predicted octanol–water partition coefficient (Wildman–Crippen LogP) is 5.01. The summed E-state index contributed by atoms with van der Waals surface area (Å²) in [5, 5.41) is 9.87. The fraction of sp³-hybridized carbons (Fsp3) is 0.647. The molecule has 0 heterocycles. The van der Waals surface area contributed by atoms with E-state index in [2.05, 4.69) is 6.92 Å².